The first-order valence-electron chi connectivity index (χ1n) is 10.2. The topological polar surface area (TPSA) is 106 Å². The number of hydrazone groups is 1. The fourth-order valence-corrected chi connectivity index (χ4v) is 3.59. The predicted molar refractivity (Wildman–Crippen MR) is 124 cm³/mol. The molecule has 0 saturated heterocycles. The molecule has 2 aromatic heterocycles. The largest absolute Gasteiger partial charge is 0.507 e. The molecule has 0 aliphatic rings. The quantitative estimate of drug-likeness (QED) is 0.344. The molecular weight excluding hydrogens is 408 g/mol. The van der Waals surface area contributed by atoms with Crippen LogP contribution in [0.1, 0.15) is 17.5 Å². The number of phenolic OH excluding ortho intramolecular Hbond substituents is 1. The highest BCUT2D eigenvalue weighted by Gasteiger charge is 2.18. The number of anilines is 1. The fraction of sp³-hybridized carbons (Fsp3) is 0.217. The second-order valence-corrected chi connectivity index (χ2v) is 7.48. The maximum Gasteiger partial charge on any atom is 0.332 e. The van der Waals surface area contributed by atoms with Gasteiger partial charge in [-0.2, -0.15) is 10.1 Å². The van der Waals surface area contributed by atoms with Crippen LogP contribution in [-0.2, 0) is 27.1 Å². The molecule has 0 fully saturated rings. The number of rotatable bonds is 7. The van der Waals surface area contributed by atoms with Crippen molar-refractivity contribution in [2.24, 2.45) is 19.2 Å². The monoisotopic (exact) mass is 432 g/mol. The van der Waals surface area contributed by atoms with Gasteiger partial charge in [0.1, 0.15) is 5.75 Å². The molecule has 2 aromatic carbocycles. The van der Waals surface area contributed by atoms with Crippen molar-refractivity contribution in [3.8, 4) is 5.75 Å². The van der Waals surface area contributed by atoms with E-state index in [1.807, 2.05) is 18.2 Å². The van der Waals surface area contributed by atoms with Crippen molar-refractivity contribution in [3.63, 3.8) is 0 Å². The number of para-hydroxylation sites is 1. The van der Waals surface area contributed by atoms with E-state index in [2.05, 4.69) is 27.6 Å². The summed E-state index contributed by atoms with van der Waals surface area (Å²) < 4.78 is 4.18. The maximum atomic E-state index is 12.9. The van der Waals surface area contributed by atoms with E-state index in [9.17, 15) is 14.7 Å². The molecule has 0 aliphatic heterocycles. The maximum absolute atomic E-state index is 12.9. The van der Waals surface area contributed by atoms with Crippen LogP contribution in [0.15, 0.2) is 69.3 Å². The lowest BCUT2D eigenvalue weighted by molar-refractivity contribution is 0.474. The molecule has 2 N–H and O–H groups in total. The standard InChI is InChI=1S/C23H24N6O3/c1-27-20-19(21(31)28(2)23(27)32)29(14-8-11-16-9-4-3-5-10-16)22(25-20)26-24-15-17-12-6-7-13-18(17)30/h3-7,9-10,12-13,15,30H,8,11,14H2,1-2H3,(H,25,26)/b24-15-. The van der Waals surface area contributed by atoms with Crippen molar-refractivity contribution in [1.82, 2.24) is 18.7 Å². The van der Waals surface area contributed by atoms with Gasteiger partial charge in [-0.05, 0) is 30.5 Å². The second kappa shape index (κ2) is 8.93. The minimum absolute atomic E-state index is 0.102. The van der Waals surface area contributed by atoms with Crippen LogP contribution in [0.25, 0.3) is 11.2 Å². The van der Waals surface area contributed by atoms with Gasteiger partial charge in [0.2, 0.25) is 5.95 Å². The van der Waals surface area contributed by atoms with Crippen LogP contribution >= 0.6 is 0 Å². The minimum atomic E-state index is -0.444. The van der Waals surface area contributed by atoms with Gasteiger partial charge in [-0.1, -0.05) is 42.5 Å². The van der Waals surface area contributed by atoms with Gasteiger partial charge in [0.15, 0.2) is 11.2 Å². The van der Waals surface area contributed by atoms with E-state index in [1.165, 1.54) is 23.4 Å². The molecule has 9 nitrogen and oxygen atoms in total. The van der Waals surface area contributed by atoms with E-state index in [-0.39, 0.29) is 11.4 Å². The third-order valence-electron chi connectivity index (χ3n) is 5.34. The Morgan fingerprint density at radius 1 is 1.03 bits per heavy atom. The van der Waals surface area contributed by atoms with Crippen LogP contribution < -0.4 is 16.7 Å². The first kappa shape index (κ1) is 21.1. The van der Waals surface area contributed by atoms with Crippen molar-refractivity contribution < 1.29 is 5.11 Å². The number of nitrogens with zero attached hydrogens (tertiary/aromatic N) is 5. The van der Waals surface area contributed by atoms with Crippen LogP contribution in [0, 0.1) is 0 Å². The summed E-state index contributed by atoms with van der Waals surface area (Å²) in [6.07, 6.45) is 3.06. The first-order chi connectivity index (χ1) is 15.5. The average Bonchev–Trinajstić information content (AvgIpc) is 3.17. The number of hydrogen-bond donors (Lipinski definition) is 2. The van der Waals surface area contributed by atoms with Gasteiger partial charge in [-0.3, -0.25) is 13.9 Å². The third-order valence-corrected chi connectivity index (χ3v) is 5.34. The van der Waals surface area contributed by atoms with Crippen LogP contribution in [0.3, 0.4) is 0 Å². The summed E-state index contributed by atoms with van der Waals surface area (Å²) in [6.45, 7) is 0.507. The van der Waals surface area contributed by atoms with E-state index in [1.54, 1.807) is 35.9 Å². The zero-order chi connectivity index (χ0) is 22.7. The Labute approximate surface area is 183 Å². The molecular formula is C23H24N6O3. The normalized spacial score (nSPS) is 11.4. The molecule has 0 bridgehead atoms. The molecule has 0 atom stereocenters. The number of fused-ring (bicyclic) bond motifs is 1. The second-order valence-electron chi connectivity index (χ2n) is 7.48. The molecule has 32 heavy (non-hydrogen) atoms. The Bertz CT molecular complexity index is 1400. The van der Waals surface area contributed by atoms with Gasteiger partial charge < -0.3 is 9.67 Å². The van der Waals surface area contributed by atoms with Gasteiger partial charge in [-0.25, -0.2) is 10.2 Å². The number of phenols is 1. The number of hydrogen-bond acceptors (Lipinski definition) is 6. The molecule has 9 heteroatoms. The van der Waals surface area contributed by atoms with Crippen LogP contribution in [0.2, 0.25) is 0 Å². The highest BCUT2D eigenvalue weighted by Crippen LogP contribution is 2.18. The number of aromatic hydroxyl groups is 1. The van der Waals surface area contributed by atoms with E-state index in [4.69, 9.17) is 0 Å². The predicted octanol–water partition coefficient (Wildman–Crippen LogP) is 2.22. The summed E-state index contributed by atoms with van der Waals surface area (Å²) in [5.41, 5.74) is 4.38. The molecule has 2 heterocycles. The van der Waals surface area contributed by atoms with Crippen molar-refractivity contribution in [3.05, 3.63) is 86.6 Å². The zero-order valence-electron chi connectivity index (χ0n) is 17.9. The number of aromatic nitrogens is 4. The molecule has 4 rings (SSSR count). The molecule has 164 valence electrons. The lowest BCUT2D eigenvalue weighted by Crippen LogP contribution is -2.37. The molecule has 0 aliphatic carbocycles. The molecule has 0 unspecified atom stereocenters. The van der Waals surface area contributed by atoms with E-state index < -0.39 is 11.2 Å². The molecule has 4 aromatic rings. The van der Waals surface area contributed by atoms with Gasteiger partial charge in [0.05, 0.1) is 6.21 Å². The van der Waals surface area contributed by atoms with E-state index >= 15 is 0 Å². The summed E-state index contributed by atoms with van der Waals surface area (Å²) in [5.74, 6) is 0.448. The average molecular weight is 432 g/mol. The Balaban J connectivity index is 1.70. The van der Waals surface area contributed by atoms with Crippen LogP contribution in [0.4, 0.5) is 5.95 Å². The molecule has 0 saturated carbocycles. The molecule has 0 spiro atoms. The summed E-state index contributed by atoms with van der Waals surface area (Å²) in [6, 6.07) is 16.9. The Kier molecular flexibility index (Phi) is 5.89. The smallest absolute Gasteiger partial charge is 0.332 e. The van der Waals surface area contributed by atoms with Gasteiger partial charge in [0, 0.05) is 26.2 Å². The lowest BCUT2D eigenvalue weighted by atomic mass is 10.1. The van der Waals surface area contributed by atoms with Gasteiger partial charge in [-0.15, -0.1) is 0 Å². The Morgan fingerprint density at radius 3 is 2.50 bits per heavy atom. The van der Waals surface area contributed by atoms with Crippen LogP contribution in [-0.4, -0.2) is 30.0 Å². The van der Waals surface area contributed by atoms with Crippen molar-refractivity contribution in [2.45, 2.75) is 19.4 Å². The SMILES string of the molecule is Cn1c(=O)c2c(nc(N/N=C\c3ccccc3O)n2CCCc2ccccc2)n(C)c1=O. The highest BCUT2D eigenvalue weighted by atomic mass is 16.3. The summed E-state index contributed by atoms with van der Waals surface area (Å²) in [5, 5.41) is 14.1. The van der Waals surface area contributed by atoms with Gasteiger partial charge in [0.25, 0.3) is 5.56 Å². The van der Waals surface area contributed by atoms with Crippen molar-refractivity contribution >= 4 is 23.3 Å². The number of nitrogens with one attached hydrogen (secondary N) is 1. The fourth-order valence-electron chi connectivity index (χ4n) is 3.59. The van der Waals surface area contributed by atoms with E-state index in [0.29, 0.717) is 23.6 Å². The third kappa shape index (κ3) is 4.04. The Morgan fingerprint density at radius 2 is 1.75 bits per heavy atom. The Hall–Kier alpha value is -4.14. The van der Waals surface area contributed by atoms with Crippen molar-refractivity contribution in [1.29, 1.82) is 0 Å². The van der Waals surface area contributed by atoms with Crippen molar-refractivity contribution in [2.75, 3.05) is 5.43 Å². The van der Waals surface area contributed by atoms with Gasteiger partial charge >= 0.3 is 5.69 Å². The molecule has 0 amide bonds. The number of imidazole rings is 1. The summed E-state index contributed by atoms with van der Waals surface area (Å²) in [7, 11) is 3.04. The molecule has 0 radical (unpaired) electrons. The van der Waals surface area contributed by atoms with Crippen LogP contribution in [0.5, 0.6) is 5.75 Å². The lowest BCUT2D eigenvalue weighted by Gasteiger charge is -2.09. The zero-order valence-corrected chi connectivity index (χ0v) is 17.9. The minimum Gasteiger partial charge on any atom is -0.507 e. The first-order valence-corrected chi connectivity index (χ1v) is 10.2. The summed E-state index contributed by atoms with van der Waals surface area (Å²) >= 11 is 0. The summed E-state index contributed by atoms with van der Waals surface area (Å²) in [4.78, 5) is 29.7. The van der Waals surface area contributed by atoms with E-state index in [0.717, 1.165) is 17.4 Å². The highest BCUT2D eigenvalue weighted by molar-refractivity contribution is 5.83. The number of benzene rings is 2. The number of aryl methyl sites for hydroxylation is 3.